The SMILES string of the molecule is Nc1ccnc(Oc2ccccc2)c1. The smallest absolute Gasteiger partial charge is 0.221 e. The van der Waals surface area contributed by atoms with E-state index < -0.39 is 0 Å². The molecule has 0 aliphatic rings. The zero-order valence-corrected chi connectivity index (χ0v) is 7.55. The van der Waals surface area contributed by atoms with E-state index in [1.54, 1.807) is 18.3 Å². The number of para-hydroxylation sites is 1. The van der Waals surface area contributed by atoms with Gasteiger partial charge in [-0.3, -0.25) is 0 Å². The molecule has 70 valence electrons. The van der Waals surface area contributed by atoms with Gasteiger partial charge in [0.1, 0.15) is 5.75 Å². The van der Waals surface area contributed by atoms with Crippen molar-refractivity contribution in [2.45, 2.75) is 0 Å². The molecule has 1 heterocycles. The van der Waals surface area contributed by atoms with Crippen LogP contribution in [0.3, 0.4) is 0 Å². The first kappa shape index (κ1) is 8.56. The Balaban J connectivity index is 2.19. The summed E-state index contributed by atoms with van der Waals surface area (Å²) in [6.45, 7) is 0. The monoisotopic (exact) mass is 186 g/mol. The zero-order chi connectivity index (χ0) is 9.80. The highest BCUT2D eigenvalue weighted by molar-refractivity contribution is 5.40. The Morgan fingerprint density at radius 3 is 2.57 bits per heavy atom. The molecule has 0 radical (unpaired) electrons. The lowest BCUT2D eigenvalue weighted by molar-refractivity contribution is 0.463. The second-order valence-corrected chi connectivity index (χ2v) is 2.84. The molecule has 0 bridgehead atoms. The second-order valence-electron chi connectivity index (χ2n) is 2.84. The number of nitrogens with two attached hydrogens (primary N) is 1. The molecule has 1 aromatic carbocycles. The number of hydrogen-bond donors (Lipinski definition) is 1. The topological polar surface area (TPSA) is 48.1 Å². The molecular weight excluding hydrogens is 176 g/mol. The maximum atomic E-state index is 5.59. The van der Waals surface area contributed by atoms with E-state index in [9.17, 15) is 0 Å². The highest BCUT2D eigenvalue weighted by Crippen LogP contribution is 2.19. The second kappa shape index (κ2) is 3.79. The Bertz CT molecular complexity index is 415. The Hall–Kier alpha value is -2.03. The molecule has 2 N–H and O–H groups in total. The van der Waals surface area contributed by atoms with Crippen molar-refractivity contribution in [3.8, 4) is 11.6 Å². The molecule has 1 aromatic heterocycles. The van der Waals surface area contributed by atoms with Crippen molar-refractivity contribution in [2.24, 2.45) is 0 Å². The number of nitrogens with zero attached hydrogens (tertiary/aromatic N) is 1. The summed E-state index contributed by atoms with van der Waals surface area (Å²) in [6.07, 6.45) is 1.62. The summed E-state index contributed by atoms with van der Waals surface area (Å²) in [5.74, 6) is 1.27. The molecule has 3 heteroatoms. The minimum Gasteiger partial charge on any atom is -0.439 e. The Morgan fingerprint density at radius 2 is 1.86 bits per heavy atom. The molecule has 0 fully saturated rings. The minimum absolute atomic E-state index is 0.510. The number of benzene rings is 1. The number of nitrogen functional groups attached to an aromatic ring is 1. The average molecular weight is 186 g/mol. The van der Waals surface area contributed by atoms with Gasteiger partial charge >= 0.3 is 0 Å². The van der Waals surface area contributed by atoms with Crippen LogP contribution in [0.4, 0.5) is 5.69 Å². The fraction of sp³-hybridized carbons (Fsp3) is 0. The molecule has 0 saturated heterocycles. The highest BCUT2D eigenvalue weighted by Gasteiger charge is 1.96. The summed E-state index contributed by atoms with van der Waals surface area (Å²) in [5.41, 5.74) is 6.24. The van der Waals surface area contributed by atoms with E-state index in [0.717, 1.165) is 5.75 Å². The number of ether oxygens (including phenoxy) is 1. The van der Waals surface area contributed by atoms with E-state index in [2.05, 4.69) is 4.98 Å². The summed E-state index contributed by atoms with van der Waals surface area (Å²) in [6, 6.07) is 12.9. The number of rotatable bonds is 2. The van der Waals surface area contributed by atoms with Crippen molar-refractivity contribution in [1.29, 1.82) is 0 Å². The van der Waals surface area contributed by atoms with Crippen LogP contribution in [0.25, 0.3) is 0 Å². The Kier molecular flexibility index (Phi) is 2.32. The average Bonchev–Trinajstić information content (AvgIpc) is 2.19. The Morgan fingerprint density at radius 1 is 1.07 bits per heavy atom. The number of hydrogen-bond acceptors (Lipinski definition) is 3. The summed E-state index contributed by atoms with van der Waals surface area (Å²) >= 11 is 0. The standard InChI is InChI=1S/C11H10N2O/c12-9-6-7-13-11(8-9)14-10-4-2-1-3-5-10/h1-8H,(H2,12,13). The first-order valence-corrected chi connectivity index (χ1v) is 4.29. The third-order valence-corrected chi connectivity index (χ3v) is 1.72. The van der Waals surface area contributed by atoms with Crippen LogP contribution in [0.2, 0.25) is 0 Å². The molecule has 0 aliphatic heterocycles. The summed E-state index contributed by atoms with van der Waals surface area (Å²) in [7, 11) is 0. The van der Waals surface area contributed by atoms with Crippen LogP contribution in [0.5, 0.6) is 11.6 Å². The van der Waals surface area contributed by atoms with Crippen molar-refractivity contribution < 1.29 is 4.74 Å². The van der Waals surface area contributed by atoms with Crippen molar-refractivity contribution in [3.63, 3.8) is 0 Å². The Labute approximate surface area is 82.2 Å². The fourth-order valence-electron chi connectivity index (χ4n) is 1.09. The minimum atomic E-state index is 0.510. The molecule has 0 saturated carbocycles. The molecule has 0 atom stereocenters. The van der Waals surface area contributed by atoms with Crippen LogP contribution in [0.1, 0.15) is 0 Å². The van der Waals surface area contributed by atoms with Gasteiger partial charge in [0.15, 0.2) is 0 Å². The molecular formula is C11H10N2O. The van der Waals surface area contributed by atoms with Gasteiger partial charge in [-0.2, -0.15) is 0 Å². The number of pyridine rings is 1. The first-order valence-electron chi connectivity index (χ1n) is 4.29. The van der Waals surface area contributed by atoms with E-state index in [1.165, 1.54) is 0 Å². The fourth-order valence-corrected chi connectivity index (χ4v) is 1.09. The normalized spacial score (nSPS) is 9.71. The largest absolute Gasteiger partial charge is 0.439 e. The number of aromatic nitrogens is 1. The van der Waals surface area contributed by atoms with E-state index in [0.29, 0.717) is 11.6 Å². The predicted octanol–water partition coefficient (Wildman–Crippen LogP) is 2.46. The van der Waals surface area contributed by atoms with Crippen LogP contribution in [-0.2, 0) is 0 Å². The van der Waals surface area contributed by atoms with Crippen molar-refractivity contribution in [1.82, 2.24) is 4.98 Å². The third-order valence-electron chi connectivity index (χ3n) is 1.72. The maximum Gasteiger partial charge on any atom is 0.221 e. The van der Waals surface area contributed by atoms with Gasteiger partial charge in [0.2, 0.25) is 5.88 Å². The molecule has 0 unspecified atom stereocenters. The first-order chi connectivity index (χ1) is 6.84. The molecule has 0 amide bonds. The molecule has 2 aromatic rings. The van der Waals surface area contributed by atoms with Gasteiger partial charge < -0.3 is 10.5 Å². The van der Waals surface area contributed by atoms with Crippen molar-refractivity contribution >= 4 is 5.69 Å². The van der Waals surface area contributed by atoms with E-state index in [4.69, 9.17) is 10.5 Å². The van der Waals surface area contributed by atoms with Crippen LogP contribution in [0, 0.1) is 0 Å². The van der Waals surface area contributed by atoms with E-state index >= 15 is 0 Å². The van der Waals surface area contributed by atoms with Gasteiger partial charge in [-0.1, -0.05) is 18.2 Å². The molecule has 14 heavy (non-hydrogen) atoms. The molecule has 0 aliphatic carbocycles. The van der Waals surface area contributed by atoms with Gasteiger partial charge in [-0.05, 0) is 18.2 Å². The van der Waals surface area contributed by atoms with E-state index in [-0.39, 0.29) is 0 Å². The van der Waals surface area contributed by atoms with Crippen molar-refractivity contribution in [3.05, 3.63) is 48.7 Å². The lowest BCUT2D eigenvalue weighted by atomic mass is 10.3. The quantitative estimate of drug-likeness (QED) is 0.783. The van der Waals surface area contributed by atoms with Crippen molar-refractivity contribution in [2.75, 3.05) is 5.73 Å². The maximum absolute atomic E-state index is 5.59. The predicted molar refractivity (Wildman–Crippen MR) is 55.2 cm³/mol. The lowest BCUT2D eigenvalue weighted by Crippen LogP contribution is -1.90. The van der Waals surface area contributed by atoms with Gasteiger partial charge in [-0.25, -0.2) is 4.98 Å². The van der Waals surface area contributed by atoms with E-state index in [1.807, 2.05) is 30.3 Å². The highest BCUT2D eigenvalue weighted by atomic mass is 16.5. The summed E-state index contributed by atoms with van der Waals surface area (Å²) < 4.78 is 5.47. The van der Waals surface area contributed by atoms with Crippen LogP contribution < -0.4 is 10.5 Å². The molecule has 2 rings (SSSR count). The van der Waals surface area contributed by atoms with Crippen LogP contribution in [-0.4, -0.2) is 4.98 Å². The number of anilines is 1. The lowest BCUT2D eigenvalue weighted by Gasteiger charge is -2.03. The van der Waals surface area contributed by atoms with Crippen LogP contribution in [0.15, 0.2) is 48.7 Å². The summed E-state index contributed by atoms with van der Waals surface area (Å²) in [5, 5.41) is 0. The van der Waals surface area contributed by atoms with Gasteiger partial charge in [0, 0.05) is 18.0 Å². The molecule has 0 spiro atoms. The zero-order valence-electron chi connectivity index (χ0n) is 7.55. The van der Waals surface area contributed by atoms with Crippen LogP contribution >= 0.6 is 0 Å². The molecule has 3 nitrogen and oxygen atoms in total. The van der Waals surface area contributed by atoms with Gasteiger partial charge in [-0.15, -0.1) is 0 Å². The summed E-state index contributed by atoms with van der Waals surface area (Å²) in [4.78, 5) is 4.03. The third kappa shape index (κ3) is 2.01. The van der Waals surface area contributed by atoms with Gasteiger partial charge in [0.05, 0.1) is 0 Å². The van der Waals surface area contributed by atoms with Gasteiger partial charge in [0.25, 0.3) is 0 Å².